The topological polar surface area (TPSA) is 101 Å². The number of methoxy groups -OCH3 is 1. The molecule has 0 fully saturated rings. The van der Waals surface area contributed by atoms with Crippen LogP contribution in [0.5, 0.6) is 0 Å². The number of anilines is 1. The lowest BCUT2D eigenvalue weighted by Gasteiger charge is -2.02. The second-order valence-electron chi connectivity index (χ2n) is 2.45. The summed E-state index contributed by atoms with van der Waals surface area (Å²) >= 11 is 0. The van der Waals surface area contributed by atoms with Gasteiger partial charge >= 0.3 is 5.97 Å². The van der Waals surface area contributed by atoms with Gasteiger partial charge in [0.2, 0.25) is 0 Å². The van der Waals surface area contributed by atoms with E-state index in [1.54, 1.807) is 0 Å². The summed E-state index contributed by atoms with van der Waals surface area (Å²) in [6.07, 6.45) is 0. The molecule has 14 heavy (non-hydrogen) atoms. The minimum atomic E-state index is -0.482. The van der Waals surface area contributed by atoms with E-state index in [-0.39, 0.29) is 5.69 Å². The Bertz CT molecular complexity index is 410. The average Bonchev–Trinajstić information content (AvgIpc) is 2.20. The molecule has 0 amide bonds. The maximum Gasteiger partial charge on any atom is 0.337 e. The van der Waals surface area contributed by atoms with Gasteiger partial charge in [-0.1, -0.05) is 5.11 Å². The number of esters is 1. The molecular weight excluding hydrogens is 184 g/mol. The zero-order chi connectivity index (χ0) is 10.6. The molecular formula is C8H8N4O2. The fraction of sp³-hybridized carbons (Fsp3) is 0.125. The normalized spacial score (nSPS) is 8.93. The first-order valence-corrected chi connectivity index (χ1v) is 3.72. The molecule has 0 aromatic heterocycles. The molecule has 1 aromatic rings. The van der Waals surface area contributed by atoms with Gasteiger partial charge in [0.1, 0.15) is 0 Å². The number of hydrogen-bond acceptors (Lipinski definition) is 4. The van der Waals surface area contributed by atoms with E-state index in [0.717, 1.165) is 0 Å². The van der Waals surface area contributed by atoms with Crippen molar-refractivity contribution >= 4 is 17.3 Å². The van der Waals surface area contributed by atoms with Crippen molar-refractivity contribution < 1.29 is 9.53 Å². The molecule has 72 valence electrons. The average molecular weight is 192 g/mol. The Morgan fingerprint density at radius 3 is 2.86 bits per heavy atom. The Hall–Kier alpha value is -2.20. The lowest BCUT2D eigenvalue weighted by molar-refractivity contribution is 0.0601. The first-order chi connectivity index (χ1) is 6.69. The van der Waals surface area contributed by atoms with Gasteiger partial charge in [0.15, 0.2) is 0 Å². The van der Waals surface area contributed by atoms with E-state index >= 15 is 0 Å². The van der Waals surface area contributed by atoms with Crippen molar-refractivity contribution in [2.45, 2.75) is 0 Å². The van der Waals surface area contributed by atoms with E-state index < -0.39 is 5.97 Å². The predicted octanol–water partition coefficient (Wildman–Crippen LogP) is 2.00. The van der Waals surface area contributed by atoms with Crippen LogP contribution in [0.3, 0.4) is 0 Å². The van der Waals surface area contributed by atoms with Crippen molar-refractivity contribution in [1.82, 2.24) is 0 Å². The van der Waals surface area contributed by atoms with Crippen LogP contribution >= 0.6 is 0 Å². The van der Waals surface area contributed by atoms with Gasteiger partial charge in [-0.25, -0.2) is 4.79 Å². The maximum absolute atomic E-state index is 11.1. The summed E-state index contributed by atoms with van der Waals surface area (Å²) < 4.78 is 4.49. The Morgan fingerprint density at radius 2 is 2.36 bits per heavy atom. The minimum Gasteiger partial charge on any atom is -0.465 e. The lowest BCUT2D eigenvalue weighted by Crippen LogP contribution is -2.01. The third-order valence-corrected chi connectivity index (χ3v) is 1.60. The van der Waals surface area contributed by atoms with Crippen LogP contribution < -0.4 is 5.73 Å². The molecule has 1 rings (SSSR count). The molecule has 0 unspecified atom stereocenters. The third kappa shape index (κ3) is 1.94. The van der Waals surface area contributed by atoms with Crippen molar-refractivity contribution in [3.8, 4) is 0 Å². The summed E-state index contributed by atoms with van der Waals surface area (Å²) in [5.74, 6) is -0.482. The Labute approximate surface area is 79.9 Å². The predicted molar refractivity (Wildman–Crippen MR) is 51.0 cm³/mol. The molecule has 0 atom stereocenters. The Morgan fingerprint density at radius 1 is 1.64 bits per heavy atom. The molecule has 0 radical (unpaired) electrons. The number of ether oxygens (including phenoxy) is 1. The summed E-state index contributed by atoms with van der Waals surface area (Å²) in [4.78, 5) is 13.6. The molecule has 6 nitrogen and oxygen atoms in total. The van der Waals surface area contributed by atoms with E-state index in [4.69, 9.17) is 11.3 Å². The molecule has 0 heterocycles. The highest BCUT2D eigenvalue weighted by Crippen LogP contribution is 2.23. The van der Waals surface area contributed by atoms with Crippen LogP contribution in [-0.4, -0.2) is 13.1 Å². The SMILES string of the molecule is COC(=O)c1ccc(N=[N+]=[N-])c(N)c1. The van der Waals surface area contributed by atoms with Gasteiger partial charge in [-0.05, 0) is 23.7 Å². The number of nitrogen functional groups attached to an aromatic ring is 1. The highest BCUT2D eigenvalue weighted by atomic mass is 16.5. The van der Waals surface area contributed by atoms with Crippen molar-refractivity contribution in [1.29, 1.82) is 0 Å². The summed E-state index contributed by atoms with van der Waals surface area (Å²) in [6, 6.07) is 4.34. The monoisotopic (exact) mass is 192 g/mol. The number of rotatable bonds is 2. The zero-order valence-electron chi connectivity index (χ0n) is 7.47. The quantitative estimate of drug-likeness (QED) is 0.255. The van der Waals surface area contributed by atoms with Crippen LogP contribution in [0.15, 0.2) is 23.3 Å². The molecule has 1 aromatic carbocycles. The highest BCUT2D eigenvalue weighted by molar-refractivity contribution is 5.91. The largest absolute Gasteiger partial charge is 0.465 e. The summed E-state index contributed by atoms with van der Waals surface area (Å²) in [5, 5.41) is 3.34. The summed E-state index contributed by atoms with van der Waals surface area (Å²) in [7, 11) is 1.28. The Kier molecular flexibility index (Phi) is 2.93. The number of hydrogen-bond donors (Lipinski definition) is 1. The van der Waals surface area contributed by atoms with Crippen molar-refractivity contribution in [3.05, 3.63) is 34.2 Å². The lowest BCUT2D eigenvalue weighted by atomic mass is 10.2. The van der Waals surface area contributed by atoms with E-state index in [1.807, 2.05) is 0 Å². The van der Waals surface area contributed by atoms with Crippen molar-refractivity contribution in [2.75, 3.05) is 12.8 Å². The van der Waals surface area contributed by atoms with Gasteiger partial charge in [0, 0.05) is 10.6 Å². The molecule has 0 aliphatic carbocycles. The number of carbonyl (C=O) groups excluding carboxylic acids is 1. The van der Waals surface area contributed by atoms with Crippen LogP contribution in [0.4, 0.5) is 11.4 Å². The number of nitrogens with two attached hydrogens (primary N) is 1. The number of azide groups is 1. The fourth-order valence-electron chi connectivity index (χ4n) is 0.939. The summed E-state index contributed by atoms with van der Waals surface area (Å²) in [5.41, 5.74) is 14.6. The second kappa shape index (κ2) is 4.15. The van der Waals surface area contributed by atoms with Crippen molar-refractivity contribution in [2.24, 2.45) is 5.11 Å². The van der Waals surface area contributed by atoms with Crippen LogP contribution in [0.1, 0.15) is 10.4 Å². The second-order valence-corrected chi connectivity index (χ2v) is 2.45. The molecule has 0 bridgehead atoms. The van der Waals surface area contributed by atoms with Gasteiger partial charge in [0.05, 0.1) is 18.4 Å². The van der Waals surface area contributed by atoms with Gasteiger partial charge < -0.3 is 10.5 Å². The van der Waals surface area contributed by atoms with E-state index in [0.29, 0.717) is 11.3 Å². The third-order valence-electron chi connectivity index (χ3n) is 1.60. The maximum atomic E-state index is 11.1. The highest BCUT2D eigenvalue weighted by Gasteiger charge is 2.06. The van der Waals surface area contributed by atoms with E-state index in [9.17, 15) is 4.79 Å². The molecule has 0 saturated carbocycles. The number of carbonyl (C=O) groups is 1. The molecule has 0 spiro atoms. The smallest absolute Gasteiger partial charge is 0.337 e. The van der Waals surface area contributed by atoms with E-state index in [2.05, 4.69) is 14.8 Å². The van der Waals surface area contributed by atoms with Gasteiger partial charge in [-0.3, -0.25) is 0 Å². The van der Waals surface area contributed by atoms with Gasteiger partial charge in [-0.15, -0.1) is 0 Å². The van der Waals surface area contributed by atoms with Gasteiger partial charge in [-0.2, -0.15) is 0 Å². The van der Waals surface area contributed by atoms with Crippen LogP contribution in [0.25, 0.3) is 10.4 Å². The first-order valence-electron chi connectivity index (χ1n) is 3.72. The van der Waals surface area contributed by atoms with Crippen LogP contribution in [-0.2, 0) is 4.74 Å². The molecule has 0 aliphatic heterocycles. The van der Waals surface area contributed by atoms with Crippen LogP contribution in [0.2, 0.25) is 0 Å². The van der Waals surface area contributed by atoms with Crippen molar-refractivity contribution in [3.63, 3.8) is 0 Å². The zero-order valence-corrected chi connectivity index (χ0v) is 7.47. The fourth-order valence-corrected chi connectivity index (χ4v) is 0.939. The number of benzene rings is 1. The molecule has 6 heteroatoms. The van der Waals surface area contributed by atoms with Gasteiger partial charge in [0.25, 0.3) is 0 Å². The number of nitrogens with zero attached hydrogens (tertiary/aromatic N) is 3. The molecule has 0 aliphatic rings. The van der Waals surface area contributed by atoms with Crippen LogP contribution in [0, 0.1) is 0 Å². The van der Waals surface area contributed by atoms with E-state index in [1.165, 1.54) is 25.3 Å². The standard InChI is InChI=1S/C8H8N4O2/c1-14-8(13)5-2-3-7(11-12-10)6(9)4-5/h2-4H,9H2,1H3. The Balaban J connectivity index is 3.12. The molecule has 0 saturated heterocycles. The summed E-state index contributed by atoms with van der Waals surface area (Å²) in [6.45, 7) is 0. The first kappa shape index (κ1) is 9.88. The minimum absolute atomic E-state index is 0.241. The molecule has 2 N–H and O–H groups in total.